The van der Waals surface area contributed by atoms with E-state index >= 15 is 0 Å². The van der Waals surface area contributed by atoms with E-state index in [0.717, 1.165) is 11.3 Å². The number of dihydropyridines is 1. The van der Waals surface area contributed by atoms with Crippen molar-refractivity contribution in [1.82, 2.24) is 5.32 Å². The van der Waals surface area contributed by atoms with Crippen LogP contribution in [0.3, 0.4) is 0 Å². The number of carbonyl (C=O) groups is 2. The predicted octanol–water partition coefficient (Wildman–Crippen LogP) is 1.63. The molecule has 0 spiro atoms. The SMILES string of the molecule is COC(=O)C1=C(C)NC2=C(C(=O)OC2)[C@H]1c1ccccc1. The van der Waals surface area contributed by atoms with Crippen LogP contribution < -0.4 is 5.32 Å². The van der Waals surface area contributed by atoms with Gasteiger partial charge < -0.3 is 14.8 Å². The van der Waals surface area contributed by atoms with Crippen molar-refractivity contribution in [3.8, 4) is 0 Å². The Morgan fingerprint density at radius 3 is 2.71 bits per heavy atom. The molecule has 5 heteroatoms. The third-order valence-electron chi connectivity index (χ3n) is 3.75. The van der Waals surface area contributed by atoms with Crippen LogP contribution in [0, 0.1) is 0 Å². The van der Waals surface area contributed by atoms with Crippen LogP contribution in [-0.4, -0.2) is 25.7 Å². The molecule has 0 unspecified atom stereocenters. The summed E-state index contributed by atoms with van der Waals surface area (Å²) in [7, 11) is 1.33. The van der Waals surface area contributed by atoms with E-state index in [4.69, 9.17) is 9.47 Å². The highest BCUT2D eigenvalue weighted by molar-refractivity contribution is 6.01. The number of rotatable bonds is 2. The van der Waals surface area contributed by atoms with Crippen LogP contribution in [0.25, 0.3) is 0 Å². The lowest BCUT2D eigenvalue weighted by Crippen LogP contribution is -2.29. The lowest BCUT2D eigenvalue weighted by Gasteiger charge is -2.27. The summed E-state index contributed by atoms with van der Waals surface area (Å²) in [6, 6.07) is 9.43. The number of hydrogen-bond acceptors (Lipinski definition) is 5. The summed E-state index contributed by atoms with van der Waals surface area (Å²) < 4.78 is 9.99. The molecule has 2 heterocycles. The lowest BCUT2D eigenvalue weighted by atomic mass is 9.81. The van der Waals surface area contributed by atoms with E-state index in [0.29, 0.717) is 16.8 Å². The number of esters is 2. The first-order valence-electron chi connectivity index (χ1n) is 6.64. The second-order valence-corrected chi connectivity index (χ2v) is 4.97. The summed E-state index contributed by atoms with van der Waals surface area (Å²) >= 11 is 0. The highest BCUT2D eigenvalue weighted by atomic mass is 16.5. The van der Waals surface area contributed by atoms with Crippen LogP contribution in [0.15, 0.2) is 52.9 Å². The van der Waals surface area contributed by atoms with E-state index in [9.17, 15) is 9.59 Å². The molecule has 0 saturated carbocycles. The van der Waals surface area contributed by atoms with Gasteiger partial charge in [0.2, 0.25) is 0 Å². The smallest absolute Gasteiger partial charge is 0.337 e. The van der Waals surface area contributed by atoms with Gasteiger partial charge in [-0.25, -0.2) is 9.59 Å². The minimum atomic E-state index is -0.454. The number of cyclic esters (lactones) is 1. The van der Waals surface area contributed by atoms with Crippen LogP contribution in [0.5, 0.6) is 0 Å². The Bertz CT molecular complexity index is 673. The molecule has 2 aliphatic rings. The first kappa shape index (κ1) is 13.4. The Morgan fingerprint density at radius 2 is 2.05 bits per heavy atom. The average Bonchev–Trinajstić information content (AvgIpc) is 2.87. The molecule has 0 amide bonds. The maximum Gasteiger partial charge on any atom is 0.337 e. The van der Waals surface area contributed by atoms with Gasteiger partial charge in [0, 0.05) is 5.70 Å². The van der Waals surface area contributed by atoms with Gasteiger partial charge in [-0.2, -0.15) is 0 Å². The van der Waals surface area contributed by atoms with Gasteiger partial charge in [-0.3, -0.25) is 0 Å². The van der Waals surface area contributed by atoms with Crippen LogP contribution in [0.1, 0.15) is 18.4 Å². The molecule has 3 rings (SSSR count). The van der Waals surface area contributed by atoms with Crippen molar-refractivity contribution in [2.24, 2.45) is 0 Å². The maximum absolute atomic E-state index is 12.2. The minimum Gasteiger partial charge on any atom is -0.466 e. The second-order valence-electron chi connectivity index (χ2n) is 4.97. The Labute approximate surface area is 122 Å². The fourth-order valence-corrected chi connectivity index (χ4v) is 2.83. The highest BCUT2D eigenvalue weighted by Crippen LogP contribution is 2.41. The number of nitrogens with one attached hydrogen (secondary N) is 1. The van der Waals surface area contributed by atoms with Gasteiger partial charge in [-0.05, 0) is 12.5 Å². The molecular formula is C16H15NO4. The molecule has 0 fully saturated rings. The zero-order valence-corrected chi connectivity index (χ0v) is 11.8. The Kier molecular flexibility index (Phi) is 3.25. The number of hydrogen-bond donors (Lipinski definition) is 1. The third-order valence-corrected chi connectivity index (χ3v) is 3.75. The number of benzene rings is 1. The van der Waals surface area contributed by atoms with Crippen molar-refractivity contribution in [3.05, 3.63) is 58.4 Å². The summed E-state index contributed by atoms with van der Waals surface area (Å²) in [5, 5.41) is 3.09. The predicted molar refractivity (Wildman–Crippen MR) is 75.0 cm³/mol. The number of ether oxygens (including phenoxy) is 2. The molecule has 1 aromatic carbocycles. The van der Waals surface area contributed by atoms with Gasteiger partial charge in [0.05, 0.1) is 29.9 Å². The van der Waals surface area contributed by atoms with Gasteiger partial charge in [-0.1, -0.05) is 30.3 Å². The van der Waals surface area contributed by atoms with Crippen LogP contribution >= 0.6 is 0 Å². The van der Waals surface area contributed by atoms with Crippen LogP contribution in [-0.2, 0) is 19.1 Å². The second kappa shape index (κ2) is 5.09. The Hall–Kier alpha value is -2.56. The lowest BCUT2D eigenvalue weighted by molar-refractivity contribution is -0.136. The zero-order valence-electron chi connectivity index (χ0n) is 11.8. The normalized spacial score (nSPS) is 20.9. The van der Waals surface area contributed by atoms with Crippen molar-refractivity contribution >= 4 is 11.9 Å². The summed E-state index contributed by atoms with van der Waals surface area (Å²) in [5.74, 6) is -1.29. The van der Waals surface area contributed by atoms with Crippen molar-refractivity contribution in [3.63, 3.8) is 0 Å². The summed E-state index contributed by atoms with van der Waals surface area (Å²) in [4.78, 5) is 24.2. The van der Waals surface area contributed by atoms with E-state index in [1.165, 1.54) is 7.11 Å². The van der Waals surface area contributed by atoms with Gasteiger partial charge in [-0.15, -0.1) is 0 Å². The first-order valence-corrected chi connectivity index (χ1v) is 6.64. The van der Waals surface area contributed by atoms with E-state index in [2.05, 4.69) is 5.32 Å². The number of carbonyl (C=O) groups excluding carboxylic acids is 2. The first-order chi connectivity index (χ1) is 10.1. The number of allylic oxidation sites excluding steroid dienone is 1. The standard InChI is InChI=1S/C16H15NO4/c1-9-12(15(18)20-2)13(10-6-4-3-5-7-10)14-11(17-9)8-21-16(14)19/h3-7,13,17H,8H2,1-2H3/t13-/m0/s1. The number of methoxy groups -OCH3 is 1. The van der Waals surface area contributed by atoms with E-state index < -0.39 is 11.9 Å². The molecule has 1 N–H and O–H groups in total. The molecule has 0 aromatic heterocycles. The van der Waals surface area contributed by atoms with Crippen LogP contribution in [0.4, 0.5) is 0 Å². The van der Waals surface area contributed by atoms with Gasteiger partial charge in [0.15, 0.2) is 0 Å². The molecule has 0 bridgehead atoms. The zero-order chi connectivity index (χ0) is 15.0. The Balaban J connectivity index is 2.17. The summed E-state index contributed by atoms with van der Waals surface area (Å²) in [5.41, 5.74) is 3.21. The topological polar surface area (TPSA) is 64.6 Å². The van der Waals surface area contributed by atoms with Crippen molar-refractivity contribution in [2.75, 3.05) is 13.7 Å². The van der Waals surface area contributed by atoms with Crippen molar-refractivity contribution in [2.45, 2.75) is 12.8 Å². The molecule has 0 radical (unpaired) electrons. The van der Waals surface area contributed by atoms with Crippen molar-refractivity contribution < 1.29 is 19.1 Å². The van der Waals surface area contributed by atoms with E-state index in [1.54, 1.807) is 6.92 Å². The average molecular weight is 285 g/mol. The molecule has 2 aliphatic heterocycles. The van der Waals surface area contributed by atoms with Gasteiger partial charge in [0.25, 0.3) is 0 Å². The van der Waals surface area contributed by atoms with Gasteiger partial charge >= 0.3 is 11.9 Å². The molecule has 1 atom stereocenters. The fraction of sp³-hybridized carbons (Fsp3) is 0.250. The molecule has 5 nitrogen and oxygen atoms in total. The molecular weight excluding hydrogens is 270 g/mol. The van der Waals surface area contributed by atoms with E-state index in [-0.39, 0.29) is 12.6 Å². The monoisotopic (exact) mass is 285 g/mol. The molecule has 0 aliphatic carbocycles. The highest BCUT2D eigenvalue weighted by Gasteiger charge is 2.41. The summed E-state index contributed by atoms with van der Waals surface area (Å²) in [6.45, 7) is 2.01. The summed E-state index contributed by atoms with van der Waals surface area (Å²) in [6.07, 6.45) is 0. The quantitative estimate of drug-likeness (QED) is 0.837. The van der Waals surface area contributed by atoms with Crippen molar-refractivity contribution in [1.29, 1.82) is 0 Å². The largest absolute Gasteiger partial charge is 0.466 e. The molecule has 21 heavy (non-hydrogen) atoms. The maximum atomic E-state index is 12.2. The molecule has 1 aromatic rings. The molecule has 0 saturated heterocycles. The molecule has 108 valence electrons. The van der Waals surface area contributed by atoms with Crippen LogP contribution in [0.2, 0.25) is 0 Å². The fourth-order valence-electron chi connectivity index (χ4n) is 2.83. The Morgan fingerprint density at radius 1 is 1.33 bits per heavy atom. The van der Waals surface area contributed by atoms with E-state index in [1.807, 2.05) is 30.3 Å². The minimum absolute atomic E-state index is 0.212. The third kappa shape index (κ3) is 2.11. The van der Waals surface area contributed by atoms with Gasteiger partial charge in [0.1, 0.15) is 6.61 Å².